The molecule has 0 saturated carbocycles. The molecule has 0 fully saturated rings. The molecule has 5 heteroatoms. The summed E-state index contributed by atoms with van der Waals surface area (Å²) in [6, 6.07) is 26.2. The van der Waals surface area contributed by atoms with Crippen molar-refractivity contribution in [3.05, 3.63) is 95.6 Å². The summed E-state index contributed by atoms with van der Waals surface area (Å²) in [5.41, 5.74) is 2.21. The summed E-state index contributed by atoms with van der Waals surface area (Å²) in [6.07, 6.45) is 0. The van der Waals surface area contributed by atoms with Gasteiger partial charge in [0.15, 0.2) is 0 Å². The Bertz CT molecular complexity index is 991. The highest BCUT2D eigenvalue weighted by atomic mass is 16.5. The zero-order valence-electron chi connectivity index (χ0n) is 17.3. The minimum absolute atomic E-state index is 0.0347. The maximum absolute atomic E-state index is 13.2. The lowest BCUT2D eigenvalue weighted by molar-refractivity contribution is 0.0732. The Hall–Kier alpha value is -3.62. The first kappa shape index (κ1) is 21.1. The van der Waals surface area contributed by atoms with E-state index in [-0.39, 0.29) is 5.91 Å². The molecule has 0 aliphatic carbocycles. The maximum Gasteiger partial charge on any atom is 0.254 e. The number of para-hydroxylation sites is 1. The summed E-state index contributed by atoms with van der Waals surface area (Å²) in [4.78, 5) is 17.0. The molecule has 3 aromatic carbocycles. The summed E-state index contributed by atoms with van der Waals surface area (Å²) in [7, 11) is 3.97. The lowest BCUT2D eigenvalue weighted by atomic mass is 10.1. The van der Waals surface area contributed by atoms with Gasteiger partial charge in [-0.25, -0.2) is 0 Å². The number of carbonyl (C=O) groups is 1. The van der Waals surface area contributed by atoms with Gasteiger partial charge in [-0.3, -0.25) is 4.79 Å². The van der Waals surface area contributed by atoms with E-state index < -0.39 is 0 Å². The van der Waals surface area contributed by atoms with Crippen LogP contribution in [0.2, 0.25) is 0 Å². The SMILES string of the molecule is CN(C)CCN(Cc1ccc(C#N)cc1)C(=O)c1ccc(Oc2ccccc2)cc1. The number of nitrogens with zero attached hydrogens (tertiary/aromatic N) is 3. The first-order chi connectivity index (χ1) is 14.5. The average Bonchev–Trinajstić information content (AvgIpc) is 2.77. The van der Waals surface area contributed by atoms with Crippen LogP contribution in [0, 0.1) is 11.3 Å². The van der Waals surface area contributed by atoms with Crippen molar-refractivity contribution in [1.29, 1.82) is 5.26 Å². The topological polar surface area (TPSA) is 56.6 Å². The number of rotatable bonds is 8. The molecule has 0 saturated heterocycles. The average molecular weight is 399 g/mol. The molecule has 0 unspecified atom stereocenters. The van der Waals surface area contributed by atoms with Gasteiger partial charge in [0.2, 0.25) is 0 Å². The van der Waals surface area contributed by atoms with E-state index in [1.165, 1.54) is 0 Å². The second-order valence-electron chi connectivity index (χ2n) is 7.28. The van der Waals surface area contributed by atoms with Gasteiger partial charge in [-0.2, -0.15) is 5.26 Å². The summed E-state index contributed by atoms with van der Waals surface area (Å²) < 4.78 is 5.81. The monoisotopic (exact) mass is 399 g/mol. The molecular weight excluding hydrogens is 374 g/mol. The number of carbonyl (C=O) groups excluding carboxylic acids is 1. The molecule has 3 aromatic rings. The Morgan fingerprint density at radius 1 is 0.867 bits per heavy atom. The molecule has 0 aliphatic heterocycles. The van der Waals surface area contributed by atoms with Crippen molar-refractivity contribution in [1.82, 2.24) is 9.80 Å². The molecule has 0 spiro atoms. The fraction of sp³-hybridized carbons (Fsp3) is 0.200. The van der Waals surface area contributed by atoms with Crippen molar-refractivity contribution in [2.24, 2.45) is 0 Å². The van der Waals surface area contributed by atoms with Gasteiger partial charge >= 0.3 is 0 Å². The van der Waals surface area contributed by atoms with E-state index in [9.17, 15) is 4.79 Å². The fourth-order valence-electron chi connectivity index (χ4n) is 2.95. The zero-order chi connectivity index (χ0) is 21.3. The van der Waals surface area contributed by atoms with Crippen molar-refractivity contribution in [2.75, 3.05) is 27.2 Å². The smallest absolute Gasteiger partial charge is 0.254 e. The van der Waals surface area contributed by atoms with Crippen molar-refractivity contribution in [2.45, 2.75) is 6.54 Å². The van der Waals surface area contributed by atoms with Crippen LogP contribution in [0.15, 0.2) is 78.9 Å². The molecule has 1 amide bonds. The number of ether oxygens (including phenoxy) is 1. The Balaban J connectivity index is 1.73. The molecule has 0 heterocycles. The van der Waals surface area contributed by atoms with Crippen LogP contribution in [-0.4, -0.2) is 42.9 Å². The van der Waals surface area contributed by atoms with Gasteiger partial charge < -0.3 is 14.5 Å². The molecular formula is C25H25N3O2. The minimum atomic E-state index is -0.0347. The Morgan fingerprint density at radius 3 is 2.10 bits per heavy atom. The first-order valence-corrected chi connectivity index (χ1v) is 9.81. The third-order valence-corrected chi connectivity index (χ3v) is 4.64. The Labute approximate surface area is 177 Å². The van der Waals surface area contributed by atoms with Crippen LogP contribution in [0.5, 0.6) is 11.5 Å². The van der Waals surface area contributed by atoms with Gasteiger partial charge in [-0.15, -0.1) is 0 Å². The molecule has 0 aliphatic rings. The van der Waals surface area contributed by atoms with Crippen LogP contribution in [0.4, 0.5) is 0 Å². The number of hydrogen-bond donors (Lipinski definition) is 0. The van der Waals surface area contributed by atoms with Gasteiger partial charge in [0, 0.05) is 25.2 Å². The first-order valence-electron chi connectivity index (χ1n) is 9.81. The van der Waals surface area contributed by atoms with Crippen LogP contribution >= 0.6 is 0 Å². The van der Waals surface area contributed by atoms with Crippen LogP contribution in [0.1, 0.15) is 21.5 Å². The third kappa shape index (κ3) is 5.94. The van der Waals surface area contributed by atoms with Crippen LogP contribution < -0.4 is 4.74 Å². The number of hydrogen-bond acceptors (Lipinski definition) is 4. The lowest BCUT2D eigenvalue weighted by Gasteiger charge is -2.25. The van der Waals surface area contributed by atoms with E-state index >= 15 is 0 Å². The highest BCUT2D eigenvalue weighted by Crippen LogP contribution is 2.22. The quantitative estimate of drug-likeness (QED) is 0.557. The number of benzene rings is 3. The van der Waals surface area contributed by atoms with Gasteiger partial charge in [0.05, 0.1) is 11.6 Å². The highest BCUT2D eigenvalue weighted by Gasteiger charge is 2.17. The van der Waals surface area contributed by atoms with Gasteiger partial charge in [-0.1, -0.05) is 30.3 Å². The molecule has 0 aromatic heterocycles. The molecule has 30 heavy (non-hydrogen) atoms. The van der Waals surface area contributed by atoms with E-state index in [1.54, 1.807) is 24.3 Å². The van der Waals surface area contributed by atoms with Crippen molar-refractivity contribution >= 4 is 5.91 Å². The predicted octanol–water partition coefficient (Wildman–Crippen LogP) is 4.55. The number of nitriles is 1. The molecule has 0 bridgehead atoms. The predicted molar refractivity (Wildman–Crippen MR) is 117 cm³/mol. The number of amides is 1. The van der Waals surface area contributed by atoms with E-state index in [2.05, 4.69) is 11.0 Å². The fourth-order valence-corrected chi connectivity index (χ4v) is 2.95. The van der Waals surface area contributed by atoms with E-state index in [0.717, 1.165) is 17.9 Å². The molecule has 3 rings (SSSR count). The van der Waals surface area contributed by atoms with Crippen molar-refractivity contribution in [3.8, 4) is 17.6 Å². The van der Waals surface area contributed by atoms with Crippen molar-refractivity contribution in [3.63, 3.8) is 0 Å². The number of likely N-dealkylation sites (N-methyl/N-ethyl adjacent to an activating group) is 1. The Kier molecular flexibility index (Phi) is 7.20. The zero-order valence-corrected chi connectivity index (χ0v) is 17.3. The largest absolute Gasteiger partial charge is 0.457 e. The molecule has 0 radical (unpaired) electrons. The lowest BCUT2D eigenvalue weighted by Crippen LogP contribution is -2.36. The molecule has 0 atom stereocenters. The second-order valence-corrected chi connectivity index (χ2v) is 7.28. The third-order valence-electron chi connectivity index (χ3n) is 4.64. The summed E-state index contributed by atoms with van der Waals surface area (Å²) >= 11 is 0. The second kappa shape index (κ2) is 10.2. The van der Waals surface area contributed by atoms with Crippen molar-refractivity contribution < 1.29 is 9.53 Å². The van der Waals surface area contributed by atoms with Gasteiger partial charge in [0.25, 0.3) is 5.91 Å². The van der Waals surface area contributed by atoms with E-state index in [0.29, 0.717) is 30.0 Å². The Morgan fingerprint density at radius 2 is 1.50 bits per heavy atom. The summed E-state index contributed by atoms with van der Waals surface area (Å²) in [5, 5.41) is 8.98. The normalized spacial score (nSPS) is 10.5. The van der Waals surface area contributed by atoms with E-state index in [1.807, 2.05) is 73.6 Å². The highest BCUT2D eigenvalue weighted by molar-refractivity contribution is 5.94. The summed E-state index contributed by atoms with van der Waals surface area (Å²) in [6.45, 7) is 1.85. The molecule has 0 N–H and O–H groups in total. The van der Waals surface area contributed by atoms with Crippen LogP contribution in [0.3, 0.4) is 0 Å². The summed E-state index contributed by atoms with van der Waals surface area (Å²) in [5.74, 6) is 1.40. The molecule has 152 valence electrons. The van der Waals surface area contributed by atoms with Gasteiger partial charge in [-0.05, 0) is 68.2 Å². The standard InChI is InChI=1S/C25H25N3O2/c1-27(2)16-17-28(19-21-10-8-20(18-26)9-11-21)25(29)22-12-14-24(15-13-22)30-23-6-4-3-5-7-23/h3-15H,16-17,19H2,1-2H3. The van der Waals surface area contributed by atoms with E-state index in [4.69, 9.17) is 10.00 Å². The van der Waals surface area contributed by atoms with Crippen LogP contribution in [-0.2, 0) is 6.54 Å². The maximum atomic E-state index is 13.2. The molecule has 5 nitrogen and oxygen atoms in total. The van der Waals surface area contributed by atoms with Crippen LogP contribution in [0.25, 0.3) is 0 Å². The minimum Gasteiger partial charge on any atom is -0.457 e. The van der Waals surface area contributed by atoms with Gasteiger partial charge in [0.1, 0.15) is 11.5 Å².